The topological polar surface area (TPSA) is 78.9 Å². The molecule has 19 heavy (non-hydrogen) atoms. The largest absolute Gasteiger partial charge is 0.328 e. The lowest BCUT2D eigenvalue weighted by Crippen LogP contribution is -2.23. The number of nitrogens with one attached hydrogen (secondary N) is 1. The number of carbonyl (C=O) groups is 1. The standard InChI is InChI=1S/C14H16FN3O/c1-8-12(15)4-9(7-16)5-13(8)18-14(19)10-2-3-11(17)6-10/h4-5,10-11H,2-3,6,17H2,1H3,(H,18,19). The Morgan fingerprint density at radius 3 is 2.84 bits per heavy atom. The molecule has 1 amide bonds. The molecule has 100 valence electrons. The molecule has 0 spiro atoms. The SMILES string of the molecule is Cc1c(F)cc(C#N)cc1NC(=O)C1CCC(N)C1. The van der Waals surface area contributed by atoms with Crippen molar-refractivity contribution in [2.24, 2.45) is 11.7 Å². The Labute approximate surface area is 111 Å². The second-order valence-corrected chi connectivity index (χ2v) is 5.00. The minimum atomic E-state index is -0.488. The van der Waals surface area contributed by atoms with Crippen LogP contribution in [0.25, 0.3) is 0 Å². The molecule has 1 aliphatic carbocycles. The maximum Gasteiger partial charge on any atom is 0.227 e. The van der Waals surface area contributed by atoms with Gasteiger partial charge in [0, 0.05) is 23.2 Å². The van der Waals surface area contributed by atoms with Crippen molar-refractivity contribution in [2.75, 3.05) is 5.32 Å². The highest BCUT2D eigenvalue weighted by molar-refractivity contribution is 5.93. The van der Waals surface area contributed by atoms with Gasteiger partial charge in [-0.3, -0.25) is 4.79 Å². The molecule has 4 nitrogen and oxygen atoms in total. The molecule has 1 aliphatic rings. The van der Waals surface area contributed by atoms with Gasteiger partial charge in [0.2, 0.25) is 5.91 Å². The number of halogens is 1. The van der Waals surface area contributed by atoms with Crippen LogP contribution in [0, 0.1) is 30.0 Å². The highest BCUT2D eigenvalue weighted by atomic mass is 19.1. The van der Waals surface area contributed by atoms with Gasteiger partial charge >= 0.3 is 0 Å². The average molecular weight is 261 g/mol. The van der Waals surface area contributed by atoms with Gasteiger partial charge in [0.15, 0.2) is 0 Å². The van der Waals surface area contributed by atoms with Crippen LogP contribution in [0.1, 0.15) is 30.4 Å². The van der Waals surface area contributed by atoms with Crippen LogP contribution in [0.2, 0.25) is 0 Å². The third-order valence-electron chi connectivity index (χ3n) is 3.58. The van der Waals surface area contributed by atoms with E-state index in [1.54, 1.807) is 6.92 Å². The van der Waals surface area contributed by atoms with Gasteiger partial charge < -0.3 is 11.1 Å². The van der Waals surface area contributed by atoms with E-state index >= 15 is 0 Å². The van der Waals surface area contributed by atoms with Crippen molar-refractivity contribution in [3.8, 4) is 6.07 Å². The lowest BCUT2D eigenvalue weighted by atomic mass is 10.1. The predicted octanol–water partition coefficient (Wildman–Crippen LogP) is 2.07. The molecule has 0 saturated heterocycles. The molecule has 0 heterocycles. The monoisotopic (exact) mass is 261 g/mol. The zero-order valence-electron chi connectivity index (χ0n) is 10.7. The van der Waals surface area contributed by atoms with Crippen molar-refractivity contribution in [3.63, 3.8) is 0 Å². The summed E-state index contributed by atoms with van der Waals surface area (Å²) in [5, 5.41) is 11.5. The fourth-order valence-electron chi connectivity index (χ4n) is 2.36. The second-order valence-electron chi connectivity index (χ2n) is 5.00. The Balaban J connectivity index is 2.17. The Hall–Kier alpha value is -1.93. The van der Waals surface area contributed by atoms with E-state index in [1.807, 2.05) is 6.07 Å². The minimum absolute atomic E-state index is 0.0685. The molecular weight excluding hydrogens is 245 g/mol. The Bertz CT molecular complexity index is 550. The van der Waals surface area contributed by atoms with Gasteiger partial charge in [0.1, 0.15) is 5.82 Å². The number of carbonyl (C=O) groups excluding carboxylic acids is 1. The van der Waals surface area contributed by atoms with Gasteiger partial charge in [-0.15, -0.1) is 0 Å². The van der Waals surface area contributed by atoms with Crippen LogP contribution in [0.5, 0.6) is 0 Å². The Morgan fingerprint density at radius 1 is 1.53 bits per heavy atom. The summed E-state index contributed by atoms with van der Waals surface area (Å²) in [4.78, 5) is 12.1. The summed E-state index contributed by atoms with van der Waals surface area (Å²) in [7, 11) is 0. The van der Waals surface area contributed by atoms with E-state index in [-0.39, 0.29) is 23.4 Å². The number of amides is 1. The number of nitrogens with two attached hydrogens (primary N) is 1. The van der Waals surface area contributed by atoms with E-state index in [0.29, 0.717) is 17.7 Å². The van der Waals surface area contributed by atoms with E-state index in [4.69, 9.17) is 11.0 Å². The summed E-state index contributed by atoms with van der Waals surface area (Å²) in [5.41, 5.74) is 6.67. The molecule has 2 atom stereocenters. The first-order chi connectivity index (χ1) is 9.01. The van der Waals surface area contributed by atoms with Crippen LogP contribution in [-0.4, -0.2) is 11.9 Å². The maximum absolute atomic E-state index is 13.6. The maximum atomic E-state index is 13.6. The van der Waals surface area contributed by atoms with E-state index in [0.717, 1.165) is 18.9 Å². The molecule has 1 fully saturated rings. The fraction of sp³-hybridized carbons (Fsp3) is 0.429. The molecule has 0 aliphatic heterocycles. The summed E-state index contributed by atoms with van der Waals surface area (Å²) < 4.78 is 13.6. The molecule has 3 N–H and O–H groups in total. The van der Waals surface area contributed by atoms with Crippen LogP contribution >= 0.6 is 0 Å². The number of benzene rings is 1. The predicted molar refractivity (Wildman–Crippen MR) is 69.8 cm³/mol. The summed E-state index contributed by atoms with van der Waals surface area (Å²) >= 11 is 0. The third kappa shape index (κ3) is 2.91. The first-order valence-electron chi connectivity index (χ1n) is 6.28. The Morgan fingerprint density at radius 2 is 2.26 bits per heavy atom. The number of hydrogen-bond acceptors (Lipinski definition) is 3. The summed E-state index contributed by atoms with van der Waals surface area (Å²) in [5.74, 6) is -0.758. The molecule has 0 radical (unpaired) electrons. The van der Waals surface area contributed by atoms with E-state index in [1.165, 1.54) is 6.07 Å². The smallest absolute Gasteiger partial charge is 0.227 e. The van der Waals surface area contributed by atoms with Crippen molar-refractivity contribution in [1.29, 1.82) is 5.26 Å². The summed E-state index contributed by atoms with van der Waals surface area (Å²) in [6.45, 7) is 1.58. The number of nitriles is 1. The van der Waals surface area contributed by atoms with Crippen molar-refractivity contribution in [2.45, 2.75) is 32.2 Å². The minimum Gasteiger partial charge on any atom is -0.328 e. The highest BCUT2D eigenvalue weighted by Gasteiger charge is 2.28. The summed E-state index contributed by atoms with van der Waals surface area (Å²) in [6, 6.07) is 4.60. The lowest BCUT2D eigenvalue weighted by Gasteiger charge is -2.13. The van der Waals surface area contributed by atoms with E-state index in [2.05, 4.69) is 5.32 Å². The van der Waals surface area contributed by atoms with Crippen molar-refractivity contribution >= 4 is 11.6 Å². The molecule has 1 aromatic carbocycles. The lowest BCUT2D eigenvalue weighted by molar-refractivity contribution is -0.119. The number of nitrogens with zero attached hydrogens (tertiary/aromatic N) is 1. The van der Waals surface area contributed by atoms with Gasteiger partial charge in [-0.1, -0.05) is 0 Å². The fourth-order valence-corrected chi connectivity index (χ4v) is 2.36. The molecule has 2 rings (SSSR count). The van der Waals surface area contributed by atoms with Gasteiger partial charge in [-0.05, 0) is 38.3 Å². The number of hydrogen-bond donors (Lipinski definition) is 2. The van der Waals surface area contributed by atoms with Gasteiger partial charge in [-0.25, -0.2) is 4.39 Å². The van der Waals surface area contributed by atoms with Crippen LogP contribution in [0.15, 0.2) is 12.1 Å². The van der Waals surface area contributed by atoms with Crippen molar-refractivity contribution < 1.29 is 9.18 Å². The van der Waals surface area contributed by atoms with Crippen LogP contribution in [0.3, 0.4) is 0 Å². The quantitative estimate of drug-likeness (QED) is 0.855. The molecule has 0 aromatic heterocycles. The summed E-state index contributed by atoms with van der Waals surface area (Å²) in [6.07, 6.45) is 2.25. The first kappa shape index (κ1) is 13.5. The first-order valence-corrected chi connectivity index (χ1v) is 6.28. The van der Waals surface area contributed by atoms with Crippen LogP contribution in [0.4, 0.5) is 10.1 Å². The molecular formula is C14H16FN3O. The van der Waals surface area contributed by atoms with E-state index in [9.17, 15) is 9.18 Å². The normalized spacial score (nSPS) is 22.0. The van der Waals surface area contributed by atoms with Gasteiger partial charge in [0.25, 0.3) is 0 Å². The highest BCUT2D eigenvalue weighted by Crippen LogP contribution is 2.27. The third-order valence-corrected chi connectivity index (χ3v) is 3.58. The van der Waals surface area contributed by atoms with E-state index < -0.39 is 5.82 Å². The zero-order valence-corrected chi connectivity index (χ0v) is 10.7. The van der Waals surface area contributed by atoms with Crippen LogP contribution in [-0.2, 0) is 4.79 Å². The number of rotatable bonds is 2. The molecule has 0 bridgehead atoms. The number of anilines is 1. The molecule has 5 heteroatoms. The van der Waals surface area contributed by atoms with Crippen molar-refractivity contribution in [1.82, 2.24) is 0 Å². The van der Waals surface area contributed by atoms with Crippen molar-refractivity contribution in [3.05, 3.63) is 29.1 Å². The molecule has 1 saturated carbocycles. The zero-order chi connectivity index (χ0) is 14.0. The van der Waals surface area contributed by atoms with Crippen LogP contribution < -0.4 is 11.1 Å². The van der Waals surface area contributed by atoms with Gasteiger partial charge in [-0.2, -0.15) is 5.26 Å². The van der Waals surface area contributed by atoms with Gasteiger partial charge in [0.05, 0.1) is 11.6 Å². The second kappa shape index (κ2) is 5.37. The molecule has 2 unspecified atom stereocenters. The Kier molecular flexibility index (Phi) is 3.82. The molecule has 1 aromatic rings. The average Bonchev–Trinajstić information content (AvgIpc) is 2.81.